The molecule has 0 radical (unpaired) electrons. The van der Waals surface area contributed by atoms with E-state index in [0.717, 1.165) is 0 Å². The summed E-state index contributed by atoms with van der Waals surface area (Å²) in [5, 5.41) is 7.88. The van der Waals surface area contributed by atoms with Crippen molar-refractivity contribution in [3.8, 4) is 17.1 Å². The standard InChI is InChI=1S/C16H19ClN4O4S2/c1-21(11-5-6-27(23,24)9-11)14(22)8-26-16-18-15(19-20-16)12-7-10(17)3-4-13(12)25-2/h3-4,7,11H,5-6,8-9H2,1-2H3,(H,18,19,20)/t11-/m0/s1. The molecular weight excluding hydrogens is 412 g/mol. The number of benzene rings is 1. The predicted molar refractivity (Wildman–Crippen MR) is 104 cm³/mol. The molecule has 0 unspecified atom stereocenters. The van der Waals surface area contributed by atoms with E-state index in [2.05, 4.69) is 15.2 Å². The number of H-pyrrole nitrogens is 1. The lowest BCUT2D eigenvalue weighted by molar-refractivity contribution is -0.128. The van der Waals surface area contributed by atoms with E-state index >= 15 is 0 Å². The number of ether oxygens (including phenoxy) is 1. The van der Waals surface area contributed by atoms with Crippen LogP contribution in [0, 0.1) is 0 Å². The Morgan fingerprint density at radius 3 is 2.93 bits per heavy atom. The second kappa shape index (κ2) is 8.07. The van der Waals surface area contributed by atoms with Crippen LogP contribution in [0.5, 0.6) is 5.75 Å². The zero-order chi connectivity index (χ0) is 19.6. The van der Waals surface area contributed by atoms with Gasteiger partial charge in [0.25, 0.3) is 0 Å². The van der Waals surface area contributed by atoms with Gasteiger partial charge in [-0.25, -0.2) is 13.4 Å². The molecule has 1 aliphatic heterocycles. The molecule has 2 aromatic rings. The van der Waals surface area contributed by atoms with E-state index < -0.39 is 9.84 Å². The maximum absolute atomic E-state index is 12.3. The van der Waals surface area contributed by atoms with Crippen molar-refractivity contribution in [2.45, 2.75) is 17.6 Å². The lowest BCUT2D eigenvalue weighted by Gasteiger charge is -2.22. The van der Waals surface area contributed by atoms with Gasteiger partial charge in [0, 0.05) is 18.1 Å². The smallest absolute Gasteiger partial charge is 0.233 e. The highest BCUT2D eigenvalue weighted by Crippen LogP contribution is 2.31. The number of carbonyl (C=O) groups is 1. The number of thioether (sulfide) groups is 1. The first-order chi connectivity index (χ1) is 12.8. The van der Waals surface area contributed by atoms with Gasteiger partial charge < -0.3 is 9.64 Å². The number of rotatable bonds is 6. The van der Waals surface area contributed by atoms with Gasteiger partial charge in [0.15, 0.2) is 15.7 Å². The van der Waals surface area contributed by atoms with Crippen LogP contribution in [0.2, 0.25) is 5.02 Å². The number of aromatic nitrogens is 3. The van der Waals surface area contributed by atoms with Crippen LogP contribution in [0.15, 0.2) is 23.4 Å². The number of nitrogens with one attached hydrogen (secondary N) is 1. The van der Waals surface area contributed by atoms with Crippen LogP contribution in [-0.4, -0.2) is 71.9 Å². The second-order valence-electron chi connectivity index (χ2n) is 6.16. The Balaban J connectivity index is 1.63. The number of halogens is 1. The topological polar surface area (TPSA) is 105 Å². The van der Waals surface area contributed by atoms with E-state index in [1.807, 2.05) is 0 Å². The Morgan fingerprint density at radius 1 is 1.48 bits per heavy atom. The SMILES string of the molecule is COc1ccc(Cl)cc1-c1nc(SCC(=O)N(C)[C@H]2CCS(=O)(=O)C2)n[nH]1. The highest BCUT2D eigenvalue weighted by atomic mass is 35.5. The molecule has 27 heavy (non-hydrogen) atoms. The van der Waals surface area contributed by atoms with E-state index in [9.17, 15) is 13.2 Å². The van der Waals surface area contributed by atoms with Crippen molar-refractivity contribution in [3.63, 3.8) is 0 Å². The lowest BCUT2D eigenvalue weighted by Crippen LogP contribution is -2.38. The van der Waals surface area contributed by atoms with E-state index in [0.29, 0.717) is 33.7 Å². The van der Waals surface area contributed by atoms with Crippen LogP contribution in [0.1, 0.15) is 6.42 Å². The molecule has 0 saturated carbocycles. The van der Waals surface area contributed by atoms with Gasteiger partial charge in [-0.15, -0.1) is 5.10 Å². The third-order valence-corrected chi connectivity index (χ3v) is 7.17. The van der Waals surface area contributed by atoms with Crippen LogP contribution < -0.4 is 4.74 Å². The number of hydrogen-bond acceptors (Lipinski definition) is 7. The molecule has 1 aromatic heterocycles. The van der Waals surface area contributed by atoms with Gasteiger partial charge in [0.05, 0.1) is 29.9 Å². The molecule has 1 aromatic carbocycles. The van der Waals surface area contributed by atoms with Gasteiger partial charge in [0.2, 0.25) is 11.1 Å². The summed E-state index contributed by atoms with van der Waals surface area (Å²) < 4.78 is 28.5. The molecule has 0 bridgehead atoms. The molecule has 146 valence electrons. The van der Waals surface area contributed by atoms with E-state index in [4.69, 9.17) is 16.3 Å². The number of nitrogens with zero attached hydrogens (tertiary/aromatic N) is 3. The van der Waals surface area contributed by atoms with Crippen molar-refractivity contribution in [1.29, 1.82) is 0 Å². The van der Waals surface area contributed by atoms with Crippen LogP contribution in [0.4, 0.5) is 0 Å². The van der Waals surface area contributed by atoms with E-state index in [-0.39, 0.29) is 29.2 Å². The quantitative estimate of drug-likeness (QED) is 0.697. The van der Waals surface area contributed by atoms with Gasteiger partial charge in [0.1, 0.15) is 5.75 Å². The molecule has 1 fully saturated rings. The molecule has 2 heterocycles. The first-order valence-electron chi connectivity index (χ1n) is 8.14. The molecule has 3 rings (SSSR count). The summed E-state index contributed by atoms with van der Waals surface area (Å²) in [6.07, 6.45) is 0.481. The number of carbonyl (C=O) groups excluding carboxylic acids is 1. The van der Waals surface area contributed by atoms with Crippen molar-refractivity contribution >= 4 is 39.1 Å². The summed E-state index contributed by atoms with van der Waals surface area (Å²) in [6, 6.07) is 4.91. The molecule has 1 atom stereocenters. The fourth-order valence-electron chi connectivity index (χ4n) is 2.81. The van der Waals surface area contributed by atoms with Gasteiger partial charge in [-0.1, -0.05) is 23.4 Å². The Labute approximate surface area is 166 Å². The van der Waals surface area contributed by atoms with Crippen molar-refractivity contribution in [2.24, 2.45) is 0 Å². The first kappa shape index (κ1) is 20.0. The number of sulfone groups is 1. The molecule has 1 amide bonds. The second-order valence-corrected chi connectivity index (χ2v) is 9.77. The Hall–Kier alpha value is -1.78. The molecule has 1 aliphatic rings. The zero-order valence-electron chi connectivity index (χ0n) is 14.8. The highest BCUT2D eigenvalue weighted by Gasteiger charge is 2.32. The zero-order valence-corrected chi connectivity index (χ0v) is 17.2. The molecule has 8 nitrogen and oxygen atoms in total. The average molecular weight is 431 g/mol. The Kier molecular flexibility index (Phi) is 5.97. The highest BCUT2D eigenvalue weighted by molar-refractivity contribution is 7.99. The summed E-state index contributed by atoms with van der Waals surface area (Å²) in [6.45, 7) is 0. The normalized spacial score (nSPS) is 18.4. The molecule has 1 N–H and O–H groups in total. The minimum Gasteiger partial charge on any atom is -0.496 e. The molecule has 1 saturated heterocycles. The molecule has 0 aliphatic carbocycles. The summed E-state index contributed by atoms with van der Waals surface area (Å²) in [7, 11) is 0.154. The summed E-state index contributed by atoms with van der Waals surface area (Å²) >= 11 is 7.22. The fourth-order valence-corrected chi connectivity index (χ4v) is 5.48. The number of aromatic amines is 1. The van der Waals surface area contributed by atoms with E-state index in [1.165, 1.54) is 16.7 Å². The third kappa shape index (κ3) is 4.74. The summed E-state index contributed by atoms with van der Waals surface area (Å²) in [4.78, 5) is 18.2. The summed E-state index contributed by atoms with van der Waals surface area (Å²) in [5.41, 5.74) is 0.670. The summed E-state index contributed by atoms with van der Waals surface area (Å²) in [5.74, 6) is 1.21. The Morgan fingerprint density at radius 2 is 2.26 bits per heavy atom. The molecule has 0 spiro atoms. The minimum atomic E-state index is -3.03. The number of hydrogen-bond donors (Lipinski definition) is 1. The number of methoxy groups -OCH3 is 1. The first-order valence-corrected chi connectivity index (χ1v) is 11.3. The Bertz CT molecular complexity index is 948. The number of amides is 1. The predicted octanol–water partition coefficient (Wildman–Crippen LogP) is 1.87. The van der Waals surface area contributed by atoms with Gasteiger partial charge in [-0.3, -0.25) is 9.89 Å². The maximum Gasteiger partial charge on any atom is 0.233 e. The minimum absolute atomic E-state index is 0.0271. The monoisotopic (exact) mass is 430 g/mol. The molecule has 11 heteroatoms. The van der Waals surface area contributed by atoms with Gasteiger partial charge in [-0.2, -0.15) is 0 Å². The fraction of sp³-hybridized carbons (Fsp3) is 0.438. The van der Waals surface area contributed by atoms with Gasteiger partial charge >= 0.3 is 0 Å². The van der Waals surface area contributed by atoms with Crippen molar-refractivity contribution in [1.82, 2.24) is 20.1 Å². The maximum atomic E-state index is 12.3. The van der Waals surface area contributed by atoms with Crippen molar-refractivity contribution in [2.75, 3.05) is 31.4 Å². The van der Waals surface area contributed by atoms with Gasteiger partial charge in [-0.05, 0) is 24.6 Å². The third-order valence-electron chi connectivity index (χ3n) is 4.36. The van der Waals surface area contributed by atoms with Crippen molar-refractivity contribution < 1.29 is 17.9 Å². The van der Waals surface area contributed by atoms with Crippen molar-refractivity contribution in [3.05, 3.63) is 23.2 Å². The average Bonchev–Trinajstić information content (AvgIpc) is 3.25. The lowest BCUT2D eigenvalue weighted by atomic mass is 10.2. The van der Waals surface area contributed by atoms with Crippen LogP contribution in [0.25, 0.3) is 11.4 Å². The van der Waals surface area contributed by atoms with Crippen LogP contribution >= 0.6 is 23.4 Å². The molecular formula is C16H19ClN4O4S2. The van der Waals surface area contributed by atoms with Crippen LogP contribution in [0.3, 0.4) is 0 Å². The van der Waals surface area contributed by atoms with Crippen LogP contribution in [-0.2, 0) is 14.6 Å². The largest absolute Gasteiger partial charge is 0.496 e. The van der Waals surface area contributed by atoms with E-state index in [1.54, 1.807) is 32.4 Å².